The van der Waals surface area contributed by atoms with Gasteiger partial charge < -0.3 is 5.73 Å². The number of hydrogen-bond donors (Lipinski definition) is 1. The minimum absolute atomic E-state index is 0.0432. The zero-order valence-corrected chi connectivity index (χ0v) is 7.99. The van der Waals surface area contributed by atoms with Gasteiger partial charge in [0.1, 0.15) is 17.2 Å². The lowest BCUT2D eigenvalue weighted by Crippen LogP contribution is -1.92. The summed E-state index contributed by atoms with van der Waals surface area (Å²) in [4.78, 5) is 7.95. The van der Waals surface area contributed by atoms with Crippen LogP contribution in [-0.4, -0.2) is 9.97 Å². The van der Waals surface area contributed by atoms with Crippen LogP contribution in [-0.2, 0) is 6.26 Å². The summed E-state index contributed by atoms with van der Waals surface area (Å²) in [6.45, 7) is 0. The molecule has 0 aliphatic rings. The summed E-state index contributed by atoms with van der Waals surface area (Å²) in [5, 5.41) is 2.28. The molecule has 12 heavy (non-hydrogen) atoms. The molecule has 0 aliphatic heterocycles. The van der Waals surface area contributed by atoms with Crippen molar-refractivity contribution in [3.8, 4) is 0 Å². The van der Waals surface area contributed by atoms with Crippen molar-refractivity contribution >= 4 is 38.1 Å². The minimum atomic E-state index is 0.0432. The molecule has 0 amide bonds. The van der Waals surface area contributed by atoms with Crippen molar-refractivity contribution in [3.63, 3.8) is 0 Å². The average molecular weight is 201 g/mol. The Balaban J connectivity index is 2.93. The van der Waals surface area contributed by atoms with Gasteiger partial charge in [-0.3, -0.25) is 0 Å². The smallest absolute Gasteiger partial charge is 0.241 e. The van der Waals surface area contributed by atoms with Crippen molar-refractivity contribution < 1.29 is 0 Å². The number of thiophene rings is 1. The molecule has 2 rings (SSSR count). The van der Waals surface area contributed by atoms with Gasteiger partial charge in [0.05, 0.1) is 0 Å². The van der Waals surface area contributed by atoms with Crippen molar-refractivity contribution in [2.45, 2.75) is 0 Å². The summed E-state index contributed by atoms with van der Waals surface area (Å²) in [6.07, 6.45) is 2.08. The minimum Gasteiger partial charge on any atom is -0.379 e. The zero-order chi connectivity index (χ0) is 8.72. The second-order valence-electron chi connectivity index (χ2n) is 2.45. The molecule has 0 radical (unpaired) electrons. The highest BCUT2D eigenvalue weighted by atomic mass is 35.5. The Kier molecular flexibility index (Phi) is 1.66. The molecule has 2 heterocycles. The summed E-state index contributed by atoms with van der Waals surface area (Å²) < 4.78 is 1.01. The molecule has 0 bridgehead atoms. The van der Waals surface area contributed by atoms with Crippen LogP contribution in [0.4, 0.5) is 5.82 Å². The fourth-order valence-corrected chi connectivity index (χ4v) is 2.60. The Labute approximate surface area is 77.2 Å². The van der Waals surface area contributed by atoms with Gasteiger partial charge in [0, 0.05) is 6.07 Å². The second-order valence-corrected chi connectivity index (χ2v) is 4.59. The van der Waals surface area contributed by atoms with Gasteiger partial charge in [0.15, 0.2) is 5.82 Å². The third-order valence-corrected chi connectivity index (χ3v) is 3.42. The van der Waals surface area contributed by atoms with E-state index in [-0.39, 0.29) is 15.8 Å². The fourth-order valence-electron chi connectivity index (χ4n) is 1.13. The number of anilines is 1. The van der Waals surface area contributed by atoms with Gasteiger partial charge in [0.2, 0.25) is 9.98 Å². The first-order chi connectivity index (χ1) is 5.68. The standard InChI is InChI=1S/C7H7ClN3S/c1-12-3-2-4-5(12)6(9)11-7(8)10-4/h2-3H,1H3,(H2,9,10,11)/q+1. The molecule has 0 saturated carbocycles. The predicted molar refractivity (Wildman–Crippen MR) is 52.4 cm³/mol. The molecule has 0 aliphatic carbocycles. The van der Waals surface area contributed by atoms with E-state index in [2.05, 4.69) is 21.6 Å². The highest BCUT2D eigenvalue weighted by molar-refractivity contribution is 7.34. The number of nitrogens with zero attached hydrogens (tertiary/aromatic N) is 2. The van der Waals surface area contributed by atoms with Gasteiger partial charge >= 0.3 is 0 Å². The lowest BCUT2D eigenvalue weighted by molar-refractivity contribution is 1.24. The number of rotatable bonds is 0. The quantitative estimate of drug-likeness (QED) is 0.524. The van der Waals surface area contributed by atoms with Crippen LogP contribution in [0.5, 0.6) is 0 Å². The maximum absolute atomic E-state index is 5.69. The van der Waals surface area contributed by atoms with Gasteiger partial charge in [0.25, 0.3) is 0 Å². The fraction of sp³-hybridized carbons (Fsp3) is 0.143. The molecule has 5 heteroatoms. The van der Waals surface area contributed by atoms with Gasteiger partial charge in [-0.2, -0.15) is 4.98 Å². The third-order valence-electron chi connectivity index (χ3n) is 1.64. The summed E-state index contributed by atoms with van der Waals surface area (Å²) in [6, 6.07) is 1.93. The van der Waals surface area contributed by atoms with E-state index in [4.69, 9.17) is 17.3 Å². The number of nitrogens with two attached hydrogens (primary N) is 1. The molecule has 0 spiro atoms. The van der Waals surface area contributed by atoms with Crippen molar-refractivity contribution in [1.29, 1.82) is 0 Å². The maximum Gasteiger partial charge on any atom is 0.241 e. The van der Waals surface area contributed by atoms with Crippen molar-refractivity contribution in [3.05, 3.63) is 16.7 Å². The monoisotopic (exact) mass is 200 g/mol. The summed E-state index contributed by atoms with van der Waals surface area (Å²) in [7, 11) is 0.0432. The highest BCUT2D eigenvalue weighted by Gasteiger charge is 2.14. The van der Waals surface area contributed by atoms with Gasteiger partial charge in [-0.15, -0.1) is 0 Å². The molecule has 3 nitrogen and oxygen atoms in total. The van der Waals surface area contributed by atoms with E-state index in [9.17, 15) is 0 Å². The Morgan fingerprint density at radius 3 is 3.00 bits per heavy atom. The first-order valence-corrected chi connectivity index (χ1v) is 5.42. The summed E-state index contributed by atoms with van der Waals surface area (Å²) >= 11 is 5.64. The van der Waals surface area contributed by atoms with E-state index >= 15 is 0 Å². The van der Waals surface area contributed by atoms with Crippen LogP contribution in [0.3, 0.4) is 0 Å². The Hall–Kier alpha value is -0.870. The zero-order valence-electron chi connectivity index (χ0n) is 6.41. The molecule has 0 fully saturated rings. The number of fused-ring (bicyclic) bond motifs is 1. The number of nitrogen functional groups attached to an aromatic ring is 1. The second kappa shape index (κ2) is 2.57. The average Bonchev–Trinajstić information content (AvgIpc) is 2.31. The lowest BCUT2D eigenvalue weighted by Gasteiger charge is -1.91. The molecule has 2 aromatic rings. The van der Waals surface area contributed by atoms with Crippen LogP contribution in [0.25, 0.3) is 10.2 Å². The van der Waals surface area contributed by atoms with Crippen LogP contribution < -0.4 is 5.73 Å². The topological polar surface area (TPSA) is 51.8 Å². The van der Waals surface area contributed by atoms with Crippen LogP contribution >= 0.6 is 22.1 Å². The Morgan fingerprint density at radius 2 is 2.25 bits per heavy atom. The van der Waals surface area contributed by atoms with Crippen LogP contribution in [0.1, 0.15) is 0 Å². The van der Waals surface area contributed by atoms with E-state index in [1.165, 1.54) is 0 Å². The number of hydrogen-bond acceptors (Lipinski definition) is 3. The molecule has 0 saturated heterocycles. The molecule has 62 valence electrons. The highest BCUT2D eigenvalue weighted by Crippen LogP contribution is 2.32. The van der Waals surface area contributed by atoms with Gasteiger partial charge in [-0.1, -0.05) is 0 Å². The molecule has 1 atom stereocenters. The van der Waals surface area contributed by atoms with E-state index in [0.717, 1.165) is 10.2 Å². The summed E-state index contributed by atoms with van der Waals surface area (Å²) in [5.41, 5.74) is 6.55. The van der Waals surface area contributed by atoms with Crippen LogP contribution in [0.15, 0.2) is 11.4 Å². The molecule has 2 aromatic heterocycles. The molecular formula is C7H7ClN3S+. The van der Waals surface area contributed by atoms with E-state index < -0.39 is 0 Å². The van der Waals surface area contributed by atoms with E-state index in [0.29, 0.717) is 5.82 Å². The normalized spacial score (nSPS) is 12.3. The Morgan fingerprint density at radius 1 is 1.50 bits per heavy atom. The SMILES string of the molecule is C[s+]1ccc2nc(Cl)nc(N)c21. The third kappa shape index (κ3) is 1.04. The Bertz CT molecular complexity index is 437. The molecule has 1 unspecified atom stereocenters. The summed E-state index contributed by atoms with van der Waals surface area (Å²) in [5.74, 6) is 0.501. The van der Waals surface area contributed by atoms with Crippen LogP contribution in [0.2, 0.25) is 5.28 Å². The number of halogens is 1. The van der Waals surface area contributed by atoms with Gasteiger partial charge in [-0.05, 0) is 22.1 Å². The largest absolute Gasteiger partial charge is 0.379 e. The number of aromatic nitrogens is 2. The van der Waals surface area contributed by atoms with Crippen molar-refractivity contribution in [1.82, 2.24) is 9.97 Å². The first-order valence-electron chi connectivity index (χ1n) is 3.34. The first kappa shape index (κ1) is 7.76. The van der Waals surface area contributed by atoms with Crippen molar-refractivity contribution in [2.24, 2.45) is 6.26 Å². The van der Waals surface area contributed by atoms with Crippen molar-refractivity contribution in [2.75, 3.05) is 5.73 Å². The lowest BCUT2D eigenvalue weighted by atomic mass is 10.4. The molecule has 0 aromatic carbocycles. The van der Waals surface area contributed by atoms with E-state index in [1.54, 1.807) is 0 Å². The maximum atomic E-state index is 5.69. The number of aryl methyl sites for hydroxylation is 1. The predicted octanol–water partition coefficient (Wildman–Crippen LogP) is 2.15. The van der Waals surface area contributed by atoms with Gasteiger partial charge in [-0.25, -0.2) is 4.98 Å². The van der Waals surface area contributed by atoms with Crippen LogP contribution in [0, 0.1) is 0 Å². The molecule has 2 N–H and O–H groups in total. The molecular weight excluding hydrogens is 194 g/mol. The van der Waals surface area contributed by atoms with E-state index in [1.807, 2.05) is 6.07 Å².